The van der Waals surface area contributed by atoms with Gasteiger partial charge in [-0.25, -0.2) is 22.9 Å². The van der Waals surface area contributed by atoms with Crippen LogP contribution in [0.5, 0.6) is 0 Å². The van der Waals surface area contributed by atoms with Crippen LogP contribution < -0.4 is 10.0 Å². The van der Waals surface area contributed by atoms with Gasteiger partial charge in [-0.15, -0.1) is 0 Å². The average molecular weight is 259 g/mol. The van der Waals surface area contributed by atoms with Crippen molar-refractivity contribution in [1.82, 2.24) is 9.71 Å². The average Bonchev–Trinajstić information content (AvgIpc) is 2.23. The third-order valence-corrected chi connectivity index (χ3v) is 2.55. The van der Waals surface area contributed by atoms with Gasteiger partial charge in [-0.1, -0.05) is 0 Å². The van der Waals surface area contributed by atoms with E-state index in [2.05, 4.69) is 15.0 Å². The second kappa shape index (κ2) is 5.60. The van der Waals surface area contributed by atoms with Gasteiger partial charge in [0.2, 0.25) is 10.0 Å². The molecule has 1 aromatic heterocycles. The van der Waals surface area contributed by atoms with Crippen molar-refractivity contribution in [2.75, 3.05) is 24.7 Å². The molecule has 7 nitrogen and oxygen atoms in total. The first-order valence-corrected chi connectivity index (χ1v) is 6.66. The van der Waals surface area contributed by atoms with Crippen LogP contribution in [0.15, 0.2) is 18.3 Å². The van der Waals surface area contributed by atoms with Crippen molar-refractivity contribution in [3.63, 3.8) is 0 Å². The smallest absolute Gasteiger partial charge is 0.339 e. The molecule has 0 aliphatic rings. The predicted octanol–water partition coefficient (Wildman–Crippen LogP) is -0.259. The number of aromatic carboxylic acids is 1. The minimum Gasteiger partial charge on any atom is -0.478 e. The molecule has 0 bridgehead atoms. The van der Waals surface area contributed by atoms with Crippen molar-refractivity contribution in [3.05, 3.63) is 23.9 Å². The molecule has 0 aliphatic heterocycles. The van der Waals surface area contributed by atoms with E-state index < -0.39 is 16.0 Å². The Labute approximate surface area is 98.9 Å². The Kier molecular flexibility index (Phi) is 4.41. The molecule has 94 valence electrons. The minimum atomic E-state index is -3.23. The second-order valence-corrected chi connectivity index (χ2v) is 5.13. The van der Waals surface area contributed by atoms with Crippen LogP contribution in [0.25, 0.3) is 0 Å². The fourth-order valence-electron chi connectivity index (χ4n) is 1.14. The number of carboxylic acids is 1. The quantitative estimate of drug-likeness (QED) is 0.607. The van der Waals surface area contributed by atoms with Gasteiger partial charge in [0.15, 0.2) is 0 Å². The first-order chi connectivity index (χ1) is 7.90. The molecule has 0 fully saturated rings. The highest BCUT2D eigenvalue weighted by Crippen LogP contribution is 2.10. The van der Waals surface area contributed by atoms with Gasteiger partial charge >= 0.3 is 5.97 Å². The Morgan fingerprint density at radius 3 is 2.76 bits per heavy atom. The van der Waals surface area contributed by atoms with Gasteiger partial charge in [0.05, 0.1) is 6.26 Å². The summed E-state index contributed by atoms with van der Waals surface area (Å²) in [4.78, 5) is 14.7. The highest BCUT2D eigenvalue weighted by Gasteiger charge is 2.09. The monoisotopic (exact) mass is 259 g/mol. The Hall–Kier alpha value is -1.67. The van der Waals surface area contributed by atoms with Crippen molar-refractivity contribution in [1.29, 1.82) is 0 Å². The topological polar surface area (TPSA) is 108 Å². The second-order valence-electron chi connectivity index (χ2n) is 3.30. The molecule has 0 atom stereocenters. The van der Waals surface area contributed by atoms with Crippen LogP contribution in [-0.4, -0.2) is 43.8 Å². The number of hydrogen-bond acceptors (Lipinski definition) is 5. The summed E-state index contributed by atoms with van der Waals surface area (Å²) in [6.45, 7) is 0.416. The van der Waals surface area contributed by atoms with Crippen LogP contribution in [0.4, 0.5) is 5.82 Å². The van der Waals surface area contributed by atoms with E-state index >= 15 is 0 Å². The number of pyridine rings is 1. The molecule has 0 unspecified atom stereocenters. The van der Waals surface area contributed by atoms with Gasteiger partial charge in [-0.2, -0.15) is 0 Å². The van der Waals surface area contributed by atoms with Crippen molar-refractivity contribution >= 4 is 21.8 Å². The maximum absolute atomic E-state index is 10.8. The normalized spacial score (nSPS) is 11.1. The summed E-state index contributed by atoms with van der Waals surface area (Å²) in [6.07, 6.45) is 2.51. The predicted molar refractivity (Wildman–Crippen MR) is 62.5 cm³/mol. The van der Waals surface area contributed by atoms with E-state index in [9.17, 15) is 13.2 Å². The van der Waals surface area contributed by atoms with Crippen molar-refractivity contribution in [2.24, 2.45) is 0 Å². The van der Waals surface area contributed by atoms with E-state index in [-0.39, 0.29) is 24.5 Å². The van der Waals surface area contributed by atoms with Crippen molar-refractivity contribution in [2.45, 2.75) is 0 Å². The zero-order chi connectivity index (χ0) is 12.9. The van der Waals surface area contributed by atoms with E-state index in [1.807, 2.05) is 0 Å². The molecule has 1 heterocycles. The van der Waals surface area contributed by atoms with Crippen LogP contribution in [0.2, 0.25) is 0 Å². The molecule has 0 radical (unpaired) electrons. The maximum Gasteiger partial charge on any atom is 0.339 e. The third kappa shape index (κ3) is 4.79. The number of sulfonamides is 1. The highest BCUT2D eigenvalue weighted by atomic mass is 32.2. The summed E-state index contributed by atoms with van der Waals surface area (Å²) in [5.74, 6) is -0.869. The SMILES string of the molecule is CS(=O)(=O)NCCNc1ncccc1C(=O)O. The minimum absolute atomic E-state index is 0.0480. The summed E-state index contributed by atoms with van der Waals surface area (Å²) < 4.78 is 23.8. The van der Waals surface area contributed by atoms with E-state index in [1.165, 1.54) is 18.3 Å². The molecule has 8 heteroatoms. The van der Waals surface area contributed by atoms with Crippen molar-refractivity contribution < 1.29 is 18.3 Å². The first kappa shape index (κ1) is 13.4. The van der Waals surface area contributed by atoms with E-state index in [0.717, 1.165) is 6.26 Å². The van der Waals surface area contributed by atoms with Crippen LogP contribution in [0.3, 0.4) is 0 Å². The molecule has 0 amide bonds. The van der Waals surface area contributed by atoms with Crippen LogP contribution in [0.1, 0.15) is 10.4 Å². The van der Waals surface area contributed by atoms with Gasteiger partial charge in [0.25, 0.3) is 0 Å². The molecular weight excluding hydrogens is 246 g/mol. The van der Waals surface area contributed by atoms with Gasteiger partial charge in [0, 0.05) is 19.3 Å². The fraction of sp³-hybridized carbons (Fsp3) is 0.333. The van der Waals surface area contributed by atoms with E-state index in [0.29, 0.717) is 0 Å². The molecule has 0 saturated heterocycles. The molecule has 17 heavy (non-hydrogen) atoms. The molecular formula is C9H13N3O4S. The van der Waals surface area contributed by atoms with Gasteiger partial charge < -0.3 is 10.4 Å². The number of anilines is 1. The molecule has 0 aromatic carbocycles. The van der Waals surface area contributed by atoms with E-state index in [4.69, 9.17) is 5.11 Å². The molecule has 3 N–H and O–H groups in total. The fourth-order valence-corrected chi connectivity index (χ4v) is 1.61. The zero-order valence-corrected chi connectivity index (χ0v) is 9.99. The number of aromatic nitrogens is 1. The number of rotatable bonds is 6. The van der Waals surface area contributed by atoms with Gasteiger partial charge in [-0.3, -0.25) is 0 Å². The standard InChI is InChI=1S/C9H13N3O4S/c1-17(15,16)12-6-5-11-8-7(9(13)14)3-2-4-10-8/h2-4,12H,5-6H2,1H3,(H,10,11)(H,13,14). The Morgan fingerprint density at radius 2 is 2.18 bits per heavy atom. The molecule has 0 saturated carbocycles. The first-order valence-electron chi connectivity index (χ1n) is 4.77. The van der Waals surface area contributed by atoms with E-state index in [1.54, 1.807) is 0 Å². The molecule has 0 spiro atoms. The Morgan fingerprint density at radius 1 is 1.47 bits per heavy atom. The van der Waals surface area contributed by atoms with Crippen LogP contribution in [-0.2, 0) is 10.0 Å². The Bertz CT molecular complexity index is 501. The summed E-state index contributed by atoms with van der Waals surface area (Å²) in [7, 11) is -3.23. The zero-order valence-electron chi connectivity index (χ0n) is 9.17. The lowest BCUT2D eigenvalue weighted by Crippen LogP contribution is -2.28. The summed E-state index contributed by atoms with van der Waals surface area (Å²) in [6, 6.07) is 2.94. The van der Waals surface area contributed by atoms with Gasteiger partial charge in [-0.05, 0) is 12.1 Å². The number of carbonyl (C=O) groups is 1. The summed E-state index contributed by atoms with van der Waals surface area (Å²) in [5.41, 5.74) is 0.0480. The van der Waals surface area contributed by atoms with Crippen molar-refractivity contribution in [3.8, 4) is 0 Å². The molecule has 0 aliphatic carbocycles. The number of carboxylic acid groups (broad SMARTS) is 1. The number of nitrogens with one attached hydrogen (secondary N) is 2. The number of nitrogens with zero attached hydrogens (tertiary/aromatic N) is 1. The lowest BCUT2D eigenvalue weighted by molar-refractivity contribution is 0.0697. The molecule has 1 aromatic rings. The highest BCUT2D eigenvalue weighted by molar-refractivity contribution is 7.88. The Balaban J connectivity index is 2.55. The summed E-state index contributed by atoms with van der Waals surface area (Å²) in [5, 5.41) is 11.6. The third-order valence-electron chi connectivity index (χ3n) is 1.82. The lowest BCUT2D eigenvalue weighted by atomic mass is 10.2. The lowest BCUT2D eigenvalue weighted by Gasteiger charge is -2.08. The molecule has 1 rings (SSSR count). The van der Waals surface area contributed by atoms with Crippen LogP contribution >= 0.6 is 0 Å². The summed E-state index contributed by atoms with van der Waals surface area (Å²) >= 11 is 0. The van der Waals surface area contributed by atoms with Gasteiger partial charge in [0.1, 0.15) is 11.4 Å². The largest absolute Gasteiger partial charge is 0.478 e. The van der Waals surface area contributed by atoms with Crippen LogP contribution in [0, 0.1) is 0 Å². The number of hydrogen-bond donors (Lipinski definition) is 3. The maximum atomic E-state index is 10.8.